The van der Waals surface area contributed by atoms with Gasteiger partial charge in [-0.2, -0.15) is 0 Å². The van der Waals surface area contributed by atoms with E-state index in [0.717, 1.165) is 11.1 Å². The van der Waals surface area contributed by atoms with Gasteiger partial charge in [0.2, 0.25) is 11.8 Å². The second kappa shape index (κ2) is 9.10. The standard InChI is InChI=1S/C20H23N3O3/c24-19(14-17-7-4-8-21-15-17)22-18(13-16-5-2-1-3-6-16)20(25)23-9-11-26-12-10-23/h1-8,15,18H,9-14H2,(H,22,24). The van der Waals surface area contributed by atoms with E-state index >= 15 is 0 Å². The molecule has 6 nitrogen and oxygen atoms in total. The SMILES string of the molecule is O=C(Cc1cccnc1)NC(Cc1ccccc1)C(=O)N1CCOCC1. The normalized spacial score (nSPS) is 15.3. The van der Waals surface area contributed by atoms with Crippen molar-refractivity contribution in [2.45, 2.75) is 18.9 Å². The molecule has 0 radical (unpaired) electrons. The van der Waals surface area contributed by atoms with Gasteiger partial charge in [-0.1, -0.05) is 36.4 Å². The van der Waals surface area contributed by atoms with Crippen molar-refractivity contribution in [1.82, 2.24) is 15.2 Å². The van der Waals surface area contributed by atoms with Crippen molar-refractivity contribution >= 4 is 11.8 Å². The van der Waals surface area contributed by atoms with Gasteiger partial charge in [0.25, 0.3) is 0 Å². The molecule has 1 atom stereocenters. The molecule has 2 heterocycles. The highest BCUT2D eigenvalue weighted by Gasteiger charge is 2.27. The largest absolute Gasteiger partial charge is 0.378 e. The quantitative estimate of drug-likeness (QED) is 0.847. The fraction of sp³-hybridized carbons (Fsp3) is 0.350. The third-order valence-corrected chi connectivity index (χ3v) is 4.33. The Hall–Kier alpha value is -2.73. The monoisotopic (exact) mass is 353 g/mol. The zero-order chi connectivity index (χ0) is 18.2. The summed E-state index contributed by atoms with van der Waals surface area (Å²) in [4.78, 5) is 31.2. The minimum absolute atomic E-state index is 0.0586. The van der Waals surface area contributed by atoms with Gasteiger partial charge < -0.3 is 15.0 Å². The molecule has 1 aromatic heterocycles. The van der Waals surface area contributed by atoms with Gasteiger partial charge >= 0.3 is 0 Å². The molecule has 0 spiro atoms. The van der Waals surface area contributed by atoms with Gasteiger partial charge in [0.1, 0.15) is 6.04 Å². The van der Waals surface area contributed by atoms with Crippen molar-refractivity contribution < 1.29 is 14.3 Å². The second-order valence-corrected chi connectivity index (χ2v) is 6.29. The molecule has 3 rings (SSSR count). The first-order valence-corrected chi connectivity index (χ1v) is 8.81. The Labute approximate surface area is 153 Å². The molecule has 1 N–H and O–H groups in total. The smallest absolute Gasteiger partial charge is 0.245 e. The third kappa shape index (κ3) is 5.13. The molecule has 0 bridgehead atoms. The highest BCUT2D eigenvalue weighted by molar-refractivity contribution is 5.88. The average Bonchev–Trinajstić information content (AvgIpc) is 2.69. The van der Waals surface area contributed by atoms with Crippen LogP contribution in [0.1, 0.15) is 11.1 Å². The molecule has 26 heavy (non-hydrogen) atoms. The molecule has 6 heteroatoms. The van der Waals surface area contributed by atoms with Gasteiger partial charge in [0, 0.05) is 31.9 Å². The number of morpholine rings is 1. The summed E-state index contributed by atoms with van der Waals surface area (Å²) in [6.45, 7) is 2.19. The lowest BCUT2D eigenvalue weighted by molar-refractivity contribution is -0.139. The predicted molar refractivity (Wildman–Crippen MR) is 97.4 cm³/mol. The molecular weight excluding hydrogens is 330 g/mol. The number of carbonyl (C=O) groups excluding carboxylic acids is 2. The van der Waals surface area contributed by atoms with Crippen molar-refractivity contribution in [2.75, 3.05) is 26.3 Å². The van der Waals surface area contributed by atoms with Gasteiger partial charge in [-0.05, 0) is 17.2 Å². The third-order valence-electron chi connectivity index (χ3n) is 4.33. The topological polar surface area (TPSA) is 71.5 Å². The number of pyridine rings is 1. The Balaban J connectivity index is 1.69. The molecule has 0 aliphatic carbocycles. The number of benzene rings is 1. The molecule has 1 fully saturated rings. The maximum Gasteiger partial charge on any atom is 0.245 e. The zero-order valence-corrected chi connectivity index (χ0v) is 14.6. The second-order valence-electron chi connectivity index (χ2n) is 6.29. The summed E-state index contributed by atoms with van der Waals surface area (Å²) in [5.41, 5.74) is 1.84. The van der Waals surface area contributed by atoms with Crippen LogP contribution in [0.25, 0.3) is 0 Å². The first-order chi connectivity index (χ1) is 12.7. The number of nitrogens with one attached hydrogen (secondary N) is 1. The summed E-state index contributed by atoms with van der Waals surface area (Å²) in [6.07, 6.45) is 4.00. The van der Waals surface area contributed by atoms with Gasteiger partial charge in [-0.15, -0.1) is 0 Å². The van der Waals surface area contributed by atoms with Crippen molar-refractivity contribution in [3.63, 3.8) is 0 Å². The number of hydrogen-bond donors (Lipinski definition) is 1. The van der Waals surface area contributed by atoms with Crippen LogP contribution in [0.5, 0.6) is 0 Å². The molecule has 1 unspecified atom stereocenters. The van der Waals surface area contributed by atoms with E-state index in [9.17, 15) is 9.59 Å². The van der Waals surface area contributed by atoms with Crippen LogP contribution in [0.4, 0.5) is 0 Å². The molecule has 1 aliphatic rings. The summed E-state index contributed by atoms with van der Waals surface area (Å²) >= 11 is 0. The lowest BCUT2D eigenvalue weighted by atomic mass is 10.0. The number of ether oxygens (including phenoxy) is 1. The number of hydrogen-bond acceptors (Lipinski definition) is 4. The average molecular weight is 353 g/mol. The lowest BCUT2D eigenvalue weighted by Gasteiger charge is -2.31. The predicted octanol–water partition coefficient (Wildman–Crippen LogP) is 1.21. The summed E-state index contributed by atoms with van der Waals surface area (Å²) in [7, 11) is 0. The summed E-state index contributed by atoms with van der Waals surface area (Å²) < 4.78 is 5.32. The van der Waals surface area contributed by atoms with Crippen LogP contribution in [0, 0.1) is 0 Å². The maximum atomic E-state index is 12.9. The van der Waals surface area contributed by atoms with Crippen molar-refractivity contribution in [1.29, 1.82) is 0 Å². The molecule has 1 aromatic carbocycles. The van der Waals surface area contributed by atoms with E-state index in [0.29, 0.717) is 32.7 Å². The molecule has 0 saturated carbocycles. The Bertz CT molecular complexity index is 716. The van der Waals surface area contributed by atoms with Crippen LogP contribution >= 0.6 is 0 Å². The minimum atomic E-state index is -0.584. The Morgan fingerprint density at radius 1 is 1.08 bits per heavy atom. The van der Waals surface area contributed by atoms with E-state index in [4.69, 9.17) is 4.74 Å². The minimum Gasteiger partial charge on any atom is -0.378 e. The highest BCUT2D eigenvalue weighted by Crippen LogP contribution is 2.09. The molecule has 2 amide bonds. The van der Waals surface area contributed by atoms with Crippen LogP contribution in [0.3, 0.4) is 0 Å². The molecule has 2 aromatic rings. The van der Waals surface area contributed by atoms with Gasteiger partial charge in [0.05, 0.1) is 19.6 Å². The van der Waals surface area contributed by atoms with E-state index in [2.05, 4.69) is 10.3 Å². The summed E-state index contributed by atoms with van der Waals surface area (Å²) in [6, 6.07) is 12.8. The van der Waals surface area contributed by atoms with Crippen molar-refractivity contribution in [3.8, 4) is 0 Å². The maximum absolute atomic E-state index is 12.9. The van der Waals surface area contributed by atoms with E-state index in [-0.39, 0.29) is 18.2 Å². The Morgan fingerprint density at radius 2 is 1.81 bits per heavy atom. The van der Waals surface area contributed by atoms with Crippen LogP contribution in [0.2, 0.25) is 0 Å². The van der Waals surface area contributed by atoms with Gasteiger partial charge in [-0.25, -0.2) is 0 Å². The van der Waals surface area contributed by atoms with E-state index in [1.807, 2.05) is 36.4 Å². The fourth-order valence-corrected chi connectivity index (χ4v) is 2.99. The number of rotatable bonds is 6. The first-order valence-electron chi connectivity index (χ1n) is 8.81. The van der Waals surface area contributed by atoms with Gasteiger partial charge in [0.15, 0.2) is 0 Å². The summed E-state index contributed by atoms with van der Waals surface area (Å²) in [5.74, 6) is -0.239. The number of carbonyl (C=O) groups is 2. The Morgan fingerprint density at radius 3 is 2.50 bits per heavy atom. The summed E-state index contributed by atoms with van der Waals surface area (Å²) in [5, 5.41) is 2.91. The fourth-order valence-electron chi connectivity index (χ4n) is 2.99. The van der Waals surface area contributed by atoms with E-state index in [1.165, 1.54) is 0 Å². The number of amides is 2. The molecular formula is C20H23N3O3. The van der Waals surface area contributed by atoms with Crippen LogP contribution in [0.15, 0.2) is 54.9 Å². The van der Waals surface area contributed by atoms with Crippen molar-refractivity contribution in [2.24, 2.45) is 0 Å². The molecule has 1 aliphatic heterocycles. The van der Waals surface area contributed by atoms with Crippen LogP contribution in [-0.4, -0.2) is 54.0 Å². The van der Waals surface area contributed by atoms with E-state index < -0.39 is 6.04 Å². The van der Waals surface area contributed by atoms with Crippen molar-refractivity contribution in [3.05, 3.63) is 66.0 Å². The molecule has 136 valence electrons. The highest BCUT2D eigenvalue weighted by atomic mass is 16.5. The van der Waals surface area contributed by atoms with E-state index in [1.54, 1.807) is 23.4 Å². The Kier molecular flexibility index (Phi) is 6.33. The van der Waals surface area contributed by atoms with Crippen LogP contribution in [-0.2, 0) is 27.2 Å². The first kappa shape index (κ1) is 18.1. The number of aromatic nitrogens is 1. The van der Waals surface area contributed by atoms with Crippen LogP contribution < -0.4 is 5.32 Å². The van der Waals surface area contributed by atoms with Gasteiger partial charge in [-0.3, -0.25) is 14.6 Å². The lowest BCUT2D eigenvalue weighted by Crippen LogP contribution is -2.52. The number of nitrogens with zero attached hydrogens (tertiary/aromatic N) is 2. The zero-order valence-electron chi connectivity index (χ0n) is 14.6. The molecule has 1 saturated heterocycles.